The fourth-order valence-corrected chi connectivity index (χ4v) is 4.22. The third-order valence-electron chi connectivity index (χ3n) is 5.70. The van der Waals surface area contributed by atoms with Gasteiger partial charge in [0.05, 0.1) is 6.61 Å². The van der Waals surface area contributed by atoms with Crippen LogP contribution in [0.15, 0.2) is 35.1 Å². The van der Waals surface area contributed by atoms with Crippen LogP contribution in [0.1, 0.15) is 35.8 Å². The van der Waals surface area contributed by atoms with Gasteiger partial charge in [0.25, 0.3) is 11.5 Å². The summed E-state index contributed by atoms with van der Waals surface area (Å²) in [6, 6.07) is 7.89. The molecule has 0 aliphatic carbocycles. The molecule has 1 saturated heterocycles. The predicted molar refractivity (Wildman–Crippen MR) is 109 cm³/mol. The number of aromatic nitrogens is 1. The average Bonchev–Trinajstić information content (AvgIpc) is 2.75. The smallest absolute Gasteiger partial charge is 0.259 e. The van der Waals surface area contributed by atoms with E-state index in [0.717, 1.165) is 24.2 Å². The molecule has 0 atom stereocenters. The van der Waals surface area contributed by atoms with Gasteiger partial charge in [-0.15, -0.1) is 0 Å². The molecular formula is C22H26FN3O3. The van der Waals surface area contributed by atoms with E-state index >= 15 is 0 Å². The molecule has 0 radical (unpaired) electrons. The maximum atomic E-state index is 13.4. The fourth-order valence-electron chi connectivity index (χ4n) is 4.22. The van der Waals surface area contributed by atoms with E-state index in [-0.39, 0.29) is 17.3 Å². The second-order valence-electron chi connectivity index (χ2n) is 7.47. The number of hydrogen-bond acceptors (Lipinski definition) is 4. The fraction of sp³-hybridized carbons (Fsp3) is 0.455. The highest BCUT2D eigenvalue weighted by Gasteiger charge is 2.29. The van der Waals surface area contributed by atoms with E-state index in [1.807, 2.05) is 11.8 Å². The van der Waals surface area contributed by atoms with Crippen LogP contribution in [0.5, 0.6) is 5.75 Å². The zero-order valence-electron chi connectivity index (χ0n) is 16.7. The Labute approximate surface area is 169 Å². The Morgan fingerprint density at radius 3 is 2.48 bits per heavy atom. The molecule has 1 amide bonds. The second kappa shape index (κ2) is 8.27. The largest absolute Gasteiger partial charge is 0.493 e. The highest BCUT2D eigenvalue weighted by molar-refractivity contribution is 5.98. The minimum atomic E-state index is -0.255. The number of anilines is 1. The molecule has 6 nitrogen and oxygen atoms in total. The maximum absolute atomic E-state index is 13.4. The molecule has 4 rings (SSSR count). The van der Waals surface area contributed by atoms with Crippen LogP contribution in [0.2, 0.25) is 0 Å². The van der Waals surface area contributed by atoms with Gasteiger partial charge in [-0.25, -0.2) is 4.39 Å². The van der Waals surface area contributed by atoms with Gasteiger partial charge in [-0.3, -0.25) is 9.59 Å². The van der Waals surface area contributed by atoms with E-state index in [0.29, 0.717) is 57.1 Å². The van der Waals surface area contributed by atoms with Crippen molar-refractivity contribution in [2.75, 3.05) is 37.7 Å². The third kappa shape index (κ3) is 3.86. The molecule has 2 aliphatic heterocycles. The molecule has 1 fully saturated rings. The first kappa shape index (κ1) is 19.5. The highest BCUT2D eigenvalue weighted by atomic mass is 19.1. The van der Waals surface area contributed by atoms with E-state index < -0.39 is 0 Å². The van der Waals surface area contributed by atoms with Gasteiger partial charge in [-0.05, 0) is 50.5 Å². The number of carbonyl (C=O) groups excluding carboxylic acids is 1. The van der Waals surface area contributed by atoms with Crippen molar-refractivity contribution in [3.05, 3.63) is 57.8 Å². The van der Waals surface area contributed by atoms with E-state index in [4.69, 9.17) is 4.74 Å². The van der Waals surface area contributed by atoms with Gasteiger partial charge >= 0.3 is 0 Å². The van der Waals surface area contributed by atoms with Gasteiger partial charge in [0, 0.05) is 50.2 Å². The van der Waals surface area contributed by atoms with Crippen LogP contribution in [-0.2, 0) is 13.0 Å². The first-order chi connectivity index (χ1) is 14.1. The molecule has 0 spiro atoms. The summed E-state index contributed by atoms with van der Waals surface area (Å²) in [5.74, 6) is 0.0737. The Morgan fingerprint density at radius 2 is 1.79 bits per heavy atom. The Hall–Kier alpha value is -2.83. The Bertz CT molecular complexity index is 947. The number of halogens is 1. The topological polar surface area (TPSA) is 54.8 Å². The quantitative estimate of drug-likeness (QED) is 0.793. The molecular weight excluding hydrogens is 373 g/mol. The zero-order valence-corrected chi connectivity index (χ0v) is 16.7. The summed E-state index contributed by atoms with van der Waals surface area (Å²) in [4.78, 5) is 29.9. The Kier molecular flexibility index (Phi) is 5.56. The van der Waals surface area contributed by atoms with Crippen LogP contribution in [0.25, 0.3) is 0 Å². The SMILES string of the molecule is CCOc1cc(=O)n2c(c1C(=O)N1CCN(c3ccc(F)cc3)CC1)CCCC2. The summed E-state index contributed by atoms with van der Waals surface area (Å²) < 4.78 is 20.6. The van der Waals surface area contributed by atoms with E-state index in [9.17, 15) is 14.0 Å². The molecule has 1 aromatic carbocycles. The van der Waals surface area contributed by atoms with E-state index in [2.05, 4.69) is 4.90 Å². The standard InChI is InChI=1S/C22H26FN3O3/c1-2-29-19-15-20(27)26-10-4-3-5-18(26)21(19)22(28)25-13-11-24(12-14-25)17-8-6-16(23)7-9-17/h6-9,15H,2-5,10-14H2,1H3. The van der Waals surface area contributed by atoms with E-state index in [1.54, 1.807) is 16.7 Å². The molecule has 29 heavy (non-hydrogen) atoms. The van der Waals surface area contributed by atoms with Gasteiger partial charge in [0.2, 0.25) is 0 Å². The second-order valence-corrected chi connectivity index (χ2v) is 7.47. The number of rotatable bonds is 4. The van der Waals surface area contributed by atoms with Crippen molar-refractivity contribution in [3.63, 3.8) is 0 Å². The molecule has 2 aromatic rings. The van der Waals surface area contributed by atoms with Crippen molar-refractivity contribution >= 4 is 11.6 Å². The first-order valence-electron chi connectivity index (χ1n) is 10.3. The minimum Gasteiger partial charge on any atom is -0.493 e. The molecule has 1 aromatic heterocycles. The van der Waals surface area contributed by atoms with Crippen LogP contribution >= 0.6 is 0 Å². The van der Waals surface area contributed by atoms with Crippen LogP contribution in [-0.4, -0.2) is 48.2 Å². The van der Waals surface area contributed by atoms with Crippen molar-refractivity contribution in [2.24, 2.45) is 0 Å². The Morgan fingerprint density at radius 1 is 1.07 bits per heavy atom. The minimum absolute atomic E-state index is 0.0714. The highest BCUT2D eigenvalue weighted by Crippen LogP contribution is 2.27. The predicted octanol–water partition coefficient (Wildman–Crippen LogP) is 2.68. The van der Waals surface area contributed by atoms with Gasteiger partial charge in [0.1, 0.15) is 17.1 Å². The summed E-state index contributed by atoms with van der Waals surface area (Å²) in [5.41, 5.74) is 2.21. The van der Waals surface area contributed by atoms with Gasteiger partial charge in [-0.1, -0.05) is 0 Å². The van der Waals surface area contributed by atoms with Crippen molar-refractivity contribution in [1.82, 2.24) is 9.47 Å². The number of fused-ring (bicyclic) bond motifs is 1. The zero-order chi connectivity index (χ0) is 20.4. The number of carbonyl (C=O) groups is 1. The number of benzene rings is 1. The molecule has 3 heterocycles. The molecule has 154 valence electrons. The van der Waals surface area contributed by atoms with Crippen LogP contribution in [0.3, 0.4) is 0 Å². The summed E-state index contributed by atoms with van der Waals surface area (Å²) >= 11 is 0. The lowest BCUT2D eigenvalue weighted by Crippen LogP contribution is -2.49. The molecule has 0 unspecified atom stereocenters. The van der Waals surface area contributed by atoms with E-state index in [1.165, 1.54) is 18.2 Å². The first-order valence-corrected chi connectivity index (χ1v) is 10.3. The molecule has 0 saturated carbocycles. The number of ether oxygens (including phenoxy) is 1. The summed E-state index contributed by atoms with van der Waals surface area (Å²) in [6.45, 7) is 5.40. The summed E-state index contributed by atoms with van der Waals surface area (Å²) in [7, 11) is 0. The lowest BCUT2D eigenvalue weighted by molar-refractivity contribution is 0.0739. The molecule has 2 aliphatic rings. The molecule has 7 heteroatoms. The van der Waals surface area contributed by atoms with Gasteiger partial charge in [-0.2, -0.15) is 0 Å². The lowest BCUT2D eigenvalue weighted by atomic mass is 10.0. The van der Waals surface area contributed by atoms with Crippen LogP contribution in [0, 0.1) is 5.82 Å². The number of piperazine rings is 1. The van der Waals surface area contributed by atoms with Gasteiger partial charge in [0.15, 0.2) is 0 Å². The average molecular weight is 399 g/mol. The number of hydrogen-bond donors (Lipinski definition) is 0. The normalized spacial score (nSPS) is 16.5. The summed E-state index contributed by atoms with van der Waals surface area (Å²) in [6.07, 6.45) is 2.63. The van der Waals surface area contributed by atoms with Crippen molar-refractivity contribution in [2.45, 2.75) is 32.7 Å². The Balaban J connectivity index is 1.57. The van der Waals surface area contributed by atoms with Crippen LogP contribution in [0.4, 0.5) is 10.1 Å². The monoisotopic (exact) mass is 399 g/mol. The number of nitrogens with zero attached hydrogens (tertiary/aromatic N) is 3. The lowest BCUT2D eigenvalue weighted by Gasteiger charge is -2.37. The van der Waals surface area contributed by atoms with Crippen molar-refractivity contribution in [3.8, 4) is 5.75 Å². The van der Waals surface area contributed by atoms with Gasteiger partial charge < -0.3 is 19.1 Å². The molecule has 0 N–H and O–H groups in total. The van der Waals surface area contributed by atoms with Crippen LogP contribution < -0.4 is 15.2 Å². The number of amides is 1. The third-order valence-corrected chi connectivity index (χ3v) is 5.70. The number of pyridine rings is 1. The van der Waals surface area contributed by atoms with Crippen molar-refractivity contribution < 1.29 is 13.9 Å². The summed E-state index contributed by atoms with van der Waals surface area (Å²) in [5, 5.41) is 0. The van der Waals surface area contributed by atoms with Crippen molar-refractivity contribution in [1.29, 1.82) is 0 Å². The molecule has 0 bridgehead atoms. The maximum Gasteiger partial charge on any atom is 0.259 e.